The number of carboxylic acid groups (broad SMARTS) is 1. The van der Waals surface area contributed by atoms with E-state index in [1.54, 1.807) is 11.6 Å². The zero-order valence-corrected chi connectivity index (χ0v) is 21.5. The van der Waals surface area contributed by atoms with E-state index in [2.05, 4.69) is 62.0 Å². The molecule has 10 heteroatoms. The van der Waals surface area contributed by atoms with Gasteiger partial charge >= 0.3 is 5.97 Å². The first-order chi connectivity index (χ1) is 19.0. The lowest BCUT2D eigenvalue weighted by Crippen LogP contribution is -2.41. The van der Waals surface area contributed by atoms with Crippen LogP contribution in [0.4, 0.5) is 0 Å². The van der Waals surface area contributed by atoms with E-state index in [0.717, 1.165) is 16.7 Å². The Morgan fingerprint density at radius 1 is 0.923 bits per heavy atom. The zero-order valence-electron chi connectivity index (χ0n) is 20.7. The first kappa shape index (κ1) is 24.4. The van der Waals surface area contributed by atoms with Crippen LogP contribution >= 0.6 is 11.6 Å². The first-order valence-electron chi connectivity index (χ1n) is 12.2. The number of aromatic amines is 1. The molecule has 1 unspecified atom stereocenters. The van der Waals surface area contributed by atoms with Crippen molar-refractivity contribution >= 4 is 28.6 Å². The van der Waals surface area contributed by atoms with Crippen LogP contribution in [0.15, 0.2) is 97.2 Å². The van der Waals surface area contributed by atoms with Gasteiger partial charge in [-0.05, 0) is 23.6 Å². The second-order valence-corrected chi connectivity index (χ2v) is 9.48. The summed E-state index contributed by atoms with van der Waals surface area (Å²) in [6.07, 6.45) is 1.26. The number of nitrogens with one attached hydrogen (secondary N) is 1. The third-order valence-electron chi connectivity index (χ3n) is 7.01. The molecule has 0 saturated carbocycles. The van der Waals surface area contributed by atoms with Crippen LogP contribution in [0.3, 0.4) is 0 Å². The molecule has 3 aromatic carbocycles. The van der Waals surface area contributed by atoms with E-state index in [1.807, 2.05) is 54.6 Å². The number of aromatic carboxylic acids is 1. The van der Waals surface area contributed by atoms with Gasteiger partial charge in [0.05, 0.1) is 27.1 Å². The number of carboxylic acids is 1. The summed E-state index contributed by atoms with van der Waals surface area (Å²) in [5.74, 6) is -0.792. The summed E-state index contributed by atoms with van der Waals surface area (Å²) >= 11 is 6.63. The van der Waals surface area contributed by atoms with Crippen LogP contribution in [-0.4, -0.2) is 46.5 Å². The van der Waals surface area contributed by atoms with Gasteiger partial charge in [0.15, 0.2) is 5.65 Å². The number of rotatable bonds is 7. The van der Waals surface area contributed by atoms with E-state index in [0.29, 0.717) is 22.6 Å². The van der Waals surface area contributed by atoms with Gasteiger partial charge in [0, 0.05) is 6.20 Å². The molecule has 0 aliphatic carbocycles. The molecule has 39 heavy (non-hydrogen) atoms. The van der Waals surface area contributed by atoms with E-state index in [1.165, 1.54) is 6.20 Å². The molecule has 2 N–H and O–H groups in total. The van der Waals surface area contributed by atoms with Crippen molar-refractivity contribution in [3.63, 3.8) is 0 Å². The average Bonchev–Trinajstić information content (AvgIpc) is 3.61. The van der Waals surface area contributed by atoms with Crippen molar-refractivity contribution < 1.29 is 9.90 Å². The highest BCUT2D eigenvalue weighted by molar-refractivity contribution is 6.38. The fraction of sp³-hybridized carbons (Fsp3) is 0.103. The fourth-order valence-corrected chi connectivity index (χ4v) is 5.76. The normalized spacial score (nSPS) is 12.5. The largest absolute Gasteiger partial charge is 0.478 e. The van der Waals surface area contributed by atoms with Gasteiger partial charge in [-0.25, -0.2) is 14.5 Å². The molecule has 192 valence electrons. The van der Waals surface area contributed by atoms with Crippen molar-refractivity contribution in [1.29, 1.82) is 0 Å². The zero-order chi connectivity index (χ0) is 27.0. The second kappa shape index (κ2) is 9.77. The fourth-order valence-electron chi connectivity index (χ4n) is 5.41. The number of hydrogen-bond acceptors (Lipinski definition) is 6. The molecule has 3 heterocycles. The average molecular weight is 536 g/mol. The molecule has 3 aromatic heterocycles. The molecule has 0 spiro atoms. The van der Waals surface area contributed by atoms with Crippen molar-refractivity contribution in [3.8, 4) is 0 Å². The Bertz CT molecular complexity index is 1660. The molecule has 0 fully saturated rings. The van der Waals surface area contributed by atoms with Crippen LogP contribution in [0, 0.1) is 6.92 Å². The maximum atomic E-state index is 11.8. The second-order valence-electron chi connectivity index (χ2n) is 9.10. The third-order valence-corrected chi connectivity index (χ3v) is 7.40. The number of fused-ring (bicyclic) bond motifs is 1. The molecule has 0 bridgehead atoms. The standard InChI is InChI=1S/C29H22ClN7O2/c1-18-23-24(30)22(28(38)39)17-31-27(23)37(34-18)25(26-32-35-36-33-26)29(19-11-5-2-6-12-19,20-13-7-3-8-14-20)21-15-9-4-10-16-21/h2-17,25H,1H3,(H,38,39)(H,32,33,35,36). The van der Waals surface area contributed by atoms with Crippen LogP contribution in [0.1, 0.15) is 44.6 Å². The molecule has 0 aliphatic rings. The van der Waals surface area contributed by atoms with Crippen molar-refractivity contribution in [2.45, 2.75) is 18.4 Å². The summed E-state index contributed by atoms with van der Waals surface area (Å²) < 4.78 is 1.74. The van der Waals surface area contributed by atoms with E-state index < -0.39 is 17.4 Å². The lowest BCUT2D eigenvalue weighted by atomic mass is 9.64. The number of aromatic nitrogens is 7. The van der Waals surface area contributed by atoms with E-state index >= 15 is 0 Å². The van der Waals surface area contributed by atoms with E-state index in [4.69, 9.17) is 16.7 Å². The number of hydrogen-bond donors (Lipinski definition) is 2. The highest BCUT2D eigenvalue weighted by atomic mass is 35.5. The molecular weight excluding hydrogens is 514 g/mol. The number of carbonyl (C=O) groups is 1. The monoisotopic (exact) mass is 535 g/mol. The van der Waals surface area contributed by atoms with Crippen LogP contribution in [0.2, 0.25) is 5.02 Å². The highest BCUT2D eigenvalue weighted by Crippen LogP contribution is 2.50. The Kier molecular flexibility index (Phi) is 6.12. The van der Waals surface area contributed by atoms with Crippen LogP contribution in [-0.2, 0) is 5.41 Å². The van der Waals surface area contributed by atoms with Crippen LogP contribution < -0.4 is 0 Å². The van der Waals surface area contributed by atoms with Gasteiger partial charge in [-0.1, -0.05) is 108 Å². The van der Waals surface area contributed by atoms with E-state index in [9.17, 15) is 9.90 Å². The molecule has 0 radical (unpaired) electrons. The van der Waals surface area contributed by atoms with Gasteiger partial charge in [-0.15, -0.1) is 10.2 Å². The molecular formula is C29H22ClN7O2. The summed E-state index contributed by atoms with van der Waals surface area (Å²) in [5, 5.41) is 30.5. The topological polar surface area (TPSA) is 122 Å². The van der Waals surface area contributed by atoms with Gasteiger partial charge in [-0.2, -0.15) is 10.3 Å². The Labute approximate surface area is 228 Å². The third kappa shape index (κ3) is 3.86. The van der Waals surface area contributed by atoms with Crippen molar-refractivity contribution in [2.75, 3.05) is 0 Å². The first-order valence-corrected chi connectivity index (χ1v) is 12.6. The number of halogens is 1. The van der Waals surface area contributed by atoms with E-state index in [-0.39, 0.29) is 10.6 Å². The maximum Gasteiger partial charge on any atom is 0.338 e. The molecule has 0 aliphatic heterocycles. The minimum Gasteiger partial charge on any atom is -0.478 e. The summed E-state index contributed by atoms with van der Waals surface area (Å²) in [4.78, 5) is 16.4. The highest BCUT2D eigenvalue weighted by Gasteiger charge is 2.49. The maximum absolute atomic E-state index is 11.8. The Hall–Kier alpha value is -4.89. The molecule has 6 rings (SSSR count). The quantitative estimate of drug-likeness (QED) is 0.268. The van der Waals surface area contributed by atoms with Gasteiger partial charge in [-0.3, -0.25) is 0 Å². The van der Waals surface area contributed by atoms with Gasteiger partial charge < -0.3 is 5.11 Å². The van der Waals surface area contributed by atoms with Gasteiger partial charge in [0.1, 0.15) is 6.04 Å². The Balaban J connectivity index is 1.79. The number of tetrazole rings is 1. The van der Waals surface area contributed by atoms with Gasteiger partial charge in [0.2, 0.25) is 5.82 Å². The lowest BCUT2D eigenvalue weighted by Gasteiger charge is -2.41. The van der Waals surface area contributed by atoms with Gasteiger partial charge in [0.25, 0.3) is 0 Å². The Morgan fingerprint density at radius 3 is 1.92 bits per heavy atom. The molecule has 0 saturated heterocycles. The number of pyridine rings is 1. The van der Waals surface area contributed by atoms with Crippen molar-refractivity contribution in [1.82, 2.24) is 35.4 Å². The SMILES string of the molecule is Cc1nn(C(c2nn[nH]n2)C(c2ccccc2)(c2ccccc2)c2ccccc2)c2ncc(C(=O)O)c(Cl)c12. The van der Waals surface area contributed by atoms with Crippen molar-refractivity contribution in [3.05, 3.63) is 136 Å². The summed E-state index contributed by atoms with van der Waals surface area (Å²) in [7, 11) is 0. The van der Waals surface area contributed by atoms with Crippen LogP contribution in [0.5, 0.6) is 0 Å². The predicted molar refractivity (Wildman–Crippen MR) is 146 cm³/mol. The summed E-state index contributed by atoms with van der Waals surface area (Å²) in [5.41, 5.74) is 2.82. The molecule has 0 amide bonds. The van der Waals surface area contributed by atoms with Crippen LogP contribution in [0.25, 0.3) is 11.0 Å². The minimum atomic E-state index is -1.16. The molecule has 6 aromatic rings. The van der Waals surface area contributed by atoms with Crippen molar-refractivity contribution in [2.24, 2.45) is 0 Å². The molecule has 1 atom stereocenters. The number of H-pyrrole nitrogens is 1. The summed E-state index contributed by atoms with van der Waals surface area (Å²) in [6.45, 7) is 1.78. The number of benzene rings is 3. The smallest absolute Gasteiger partial charge is 0.338 e. The summed E-state index contributed by atoms with van der Waals surface area (Å²) in [6, 6.07) is 29.5. The minimum absolute atomic E-state index is 0.0767. The lowest BCUT2D eigenvalue weighted by molar-refractivity contribution is 0.0697. The number of aryl methyl sites for hydroxylation is 1. The number of nitrogens with zero attached hydrogens (tertiary/aromatic N) is 6. The molecule has 9 nitrogen and oxygen atoms in total. The predicted octanol–water partition coefficient (Wildman–Crippen LogP) is 5.23. The Morgan fingerprint density at radius 2 is 1.46 bits per heavy atom.